The second-order valence-electron chi connectivity index (χ2n) is 5.54. The first-order valence-corrected chi connectivity index (χ1v) is 7.15. The van der Waals surface area contributed by atoms with Gasteiger partial charge in [-0.1, -0.05) is 0 Å². The molecule has 0 radical (unpaired) electrons. The van der Waals surface area contributed by atoms with E-state index in [0.717, 1.165) is 25.9 Å². The van der Waals surface area contributed by atoms with Gasteiger partial charge in [-0.05, 0) is 49.9 Å². The summed E-state index contributed by atoms with van der Waals surface area (Å²) in [6.45, 7) is 2.50. The van der Waals surface area contributed by atoms with Gasteiger partial charge in [0.1, 0.15) is 11.6 Å². The molecular weight excluding hydrogens is 259 g/mol. The Morgan fingerprint density at radius 3 is 3.05 bits per heavy atom. The van der Waals surface area contributed by atoms with Crippen molar-refractivity contribution in [3.8, 4) is 5.75 Å². The molecule has 2 aliphatic rings. The van der Waals surface area contributed by atoms with Crippen molar-refractivity contribution in [2.24, 2.45) is 11.8 Å². The van der Waals surface area contributed by atoms with Gasteiger partial charge in [-0.25, -0.2) is 4.39 Å². The Morgan fingerprint density at radius 2 is 2.15 bits per heavy atom. The number of anilines is 1. The number of carbonyl (C=O) groups is 1. The molecule has 0 aliphatic carbocycles. The Morgan fingerprint density at radius 1 is 1.25 bits per heavy atom. The van der Waals surface area contributed by atoms with Gasteiger partial charge in [0.15, 0.2) is 0 Å². The molecule has 0 spiro atoms. The van der Waals surface area contributed by atoms with Crippen LogP contribution in [0.4, 0.5) is 10.1 Å². The number of ether oxygens (including phenoxy) is 1. The number of carbonyl (C=O) groups excluding carboxylic acids is 1. The Bertz CT molecular complexity index is 507. The van der Waals surface area contributed by atoms with E-state index in [1.54, 1.807) is 6.07 Å². The first-order chi connectivity index (χ1) is 9.72. The van der Waals surface area contributed by atoms with E-state index in [4.69, 9.17) is 4.74 Å². The van der Waals surface area contributed by atoms with E-state index >= 15 is 0 Å². The maximum absolute atomic E-state index is 13.3. The standard InChI is InChI=1S/C15H19FN2O2/c16-12-1-2-14-13(8-12)18-15(19)7-10-3-5-17-9-11(10)4-6-20-14/h1-2,8,10-11,17H,3-7,9H2,(H,18,19)/t10-,11-/m0/s1. The largest absolute Gasteiger partial charge is 0.491 e. The lowest BCUT2D eigenvalue weighted by Gasteiger charge is -2.32. The van der Waals surface area contributed by atoms with Gasteiger partial charge in [0.05, 0.1) is 12.3 Å². The van der Waals surface area contributed by atoms with E-state index in [1.807, 2.05) is 0 Å². The molecule has 1 amide bonds. The smallest absolute Gasteiger partial charge is 0.224 e. The molecule has 0 saturated carbocycles. The van der Waals surface area contributed by atoms with Gasteiger partial charge in [-0.15, -0.1) is 0 Å². The summed E-state index contributed by atoms with van der Waals surface area (Å²) in [4.78, 5) is 12.1. The molecule has 0 aromatic heterocycles. The summed E-state index contributed by atoms with van der Waals surface area (Å²) in [5.41, 5.74) is 0.433. The molecule has 2 N–H and O–H groups in total. The molecule has 2 aliphatic heterocycles. The minimum Gasteiger partial charge on any atom is -0.491 e. The summed E-state index contributed by atoms with van der Waals surface area (Å²) in [5.74, 6) is 0.970. The van der Waals surface area contributed by atoms with E-state index in [1.165, 1.54) is 12.1 Å². The molecule has 5 heteroatoms. The van der Waals surface area contributed by atoms with Crippen molar-refractivity contribution >= 4 is 11.6 Å². The van der Waals surface area contributed by atoms with Gasteiger partial charge < -0.3 is 15.4 Å². The van der Waals surface area contributed by atoms with Crippen LogP contribution in [0.25, 0.3) is 0 Å². The van der Waals surface area contributed by atoms with E-state index in [0.29, 0.717) is 36.3 Å². The first-order valence-electron chi connectivity index (χ1n) is 7.15. The third kappa shape index (κ3) is 2.93. The van der Waals surface area contributed by atoms with Crippen LogP contribution in [0.5, 0.6) is 5.75 Å². The summed E-state index contributed by atoms with van der Waals surface area (Å²) >= 11 is 0. The molecule has 1 fully saturated rings. The average Bonchev–Trinajstić information content (AvgIpc) is 2.43. The number of hydrogen-bond donors (Lipinski definition) is 2. The molecular formula is C15H19FN2O2. The predicted octanol–water partition coefficient (Wildman–Crippen LogP) is 2.16. The lowest BCUT2D eigenvalue weighted by atomic mass is 9.82. The molecule has 20 heavy (non-hydrogen) atoms. The minimum absolute atomic E-state index is 0.0563. The van der Waals surface area contributed by atoms with Crippen LogP contribution in [-0.2, 0) is 4.79 Å². The van der Waals surface area contributed by atoms with Crippen LogP contribution >= 0.6 is 0 Å². The topological polar surface area (TPSA) is 50.4 Å². The maximum Gasteiger partial charge on any atom is 0.224 e. The Balaban J connectivity index is 1.82. The highest BCUT2D eigenvalue weighted by atomic mass is 19.1. The zero-order chi connectivity index (χ0) is 13.9. The van der Waals surface area contributed by atoms with Crippen molar-refractivity contribution in [1.82, 2.24) is 5.32 Å². The molecule has 108 valence electrons. The molecule has 2 heterocycles. The van der Waals surface area contributed by atoms with Crippen molar-refractivity contribution < 1.29 is 13.9 Å². The monoisotopic (exact) mass is 278 g/mol. The average molecular weight is 278 g/mol. The van der Waals surface area contributed by atoms with Crippen LogP contribution in [0.15, 0.2) is 18.2 Å². The third-order valence-corrected chi connectivity index (χ3v) is 4.17. The van der Waals surface area contributed by atoms with Crippen molar-refractivity contribution in [3.63, 3.8) is 0 Å². The second-order valence-corrected chi connectivity index (χ2v) is 5.54. The molecule has 0 bridgehead atoms. The van der Waals surface area contributed by atoms with Gasteiger partial charge in [0.2, 0.25) is 5.91 Å². The Hall–Kier alpha value is -1.62. The number of amides is 1. The highest BCUT2D eigenvalue weighted by Crippen LogP contribution is 2.31. The van der Waals surface area contributed by atoms with E-state index < -0.39 is 0 Å². The molecule has 1 saturated heterocycles. The first kappa shape index (κ1) is 13.4. The molecule has 0 unspecified atom stereocenters. The normalized spacial score (nSPS) is 26.8. The van der Waals surface area contributed by atoms with Crippen molar-refractivity contribution in [2.45, 2.75) is 19.3 Å². The summed E-state index contributed by atoms with van der Waals surface area (Å²) in [7, 11) is 0. The van der Waals surface area contributed by atoms with Gasteiger partial charge >= 0.3 is 0 Å². The predicted molar refractivity (Wildman–Crippen MR) is 74.2 cm³/mol. The molecule has 1 aromatic rings. The zero-order valence-corrected chi connectivity index (χ0v) is 11.3. The van der Waals surface area contributed by atoms with Gasteiger partial charge in [-0.3, -0.25) is 4.79 Å². The lowest BCUT2D eigenvalue weighted by Crippen LogP contribution is -2.39. The van der Waals surface area contributed by atoms with Crippen molar-refractivity contribution in [1.29, 1.82) is 0 Å². The number of fused-ring (bicyclic) bond motifs is 2. The highest BCUT2D eigenvalue weighted by molar-refractivity contribution is 5.92. The Labute approximate surface area is 117 Å². The molecule has 3 rings (SSSR count). The number of nitrogens with one attached hydrogen (secondary N) is 2. The highest BCUT2D eigenvalue weighted by Gasteiger charge is 2.28. The van der Waals surface area contributed by atoms with E-state index in [2.05, 4.69) is 10.6 Å². The van der Waals surface area contributed by atoms with Crippen LogP contribution in [0.1, 0.15) is 19.3 Å². The molecule has 1 aromatic carbocycles. The van der Waals surface area contributed by atoms with Crippen LogP contribution in [-0.4, -0.2) is 25.6 Å². The fraction of sp³-hybridized carbons (Fsp3) is 0.533. The Kier molecular flexibility index (Phi) is 3.87. The van der Waals surface area contributed by atoms with E-state index in [9.17, 15) is 9.18 Å². The SMILES string of the molecule is O=C1C[C@@H]2CCNC[C@@H]2CCOc2ccc(F)cc2N1. The fourth-order valence-electron chi connectivity index (χ4n) is 3.07. The third-order valence-electron chi connectivity index (χ3n) is 4.17. The number of hydrogen-bond acceptors (Lipinski definition) is 3. The molecule has 2 atom stereocenters. The summed E-state index contributed by atoms with van der Waals surface area (Å²) < 4.78 is 19.0. The maximum atomic E-state index is 13.3. The number of benzene rings is 1. The second kappa shape index (κ2) is 5.79. The lowest BCUT2D eigenvalue weighted by molar-refractivity contribution is -0.117. The number of rotatable bonds is 0. The van der Waals surface area contributed by atoms with Crippen LogP contribution in [0.3, 0.4) is 0 Å². The van der Waals surface area contributed by atoms with E-state index in [-0.39, 0.29) is 11.7 Å². The van der Waals surface area contributed by atoms with Crippen LogP contribution < -0.4 is 15.4 Å². The molecule has 4 nitrogen and oxygen atoms in total. The van der Waals surface area contributed by atoms with Crippen LogP contribution in [0.2, 0.25) is 0 Å². The minimum atomic E-state index is -0.371. The summed E-state index contributed by atoms with van der Waals surface area (Å²) in [6.07, 6.45) is 2.43. The van der Waals surface area contributed by atoms with Gasteiger partial charge in [0, 0.05) is 12.5 Å². The zero-order valence-electron chi connectivity index (χ0n) is 11.3. The van der Waals surface area contributed by atoms with Crippen molar-refractivity contribution in [2.75, 3.05) is 25.0 Å². The number of piperidine rings is 1. The van der Waals surface area contributed by atoms with Gasteiger partial charge in [0.25, 0.3) is 0 Å². The van der Waals surface area contributed by atoms with Crippen molar-refractivity contribution in [3.05, 3.63) is 24.0 Å². The quantitative estimate of drug-likeness (QED) is 0.764. The summed E-state index contributed by atoms with van der Waals surface area (Å²) in [6, 6.07) is 4.24. The summed E-state index contributed by atoms with van der Waals surface area (Å²) in [5, 5.41) is 6.15. The number of halogens is 1. The van der Waals surface area contributed by atoms with Gasteiger partial charge in [-0.2, -0.15) is 0 Å². The van der Waals surface area contributed by atoms with Crippen LogP contribution in [0, 0.1) is 17.7 Å². The fourth-order valence-corrected chi connectivity index (χ4v) is 3.07.